The van der Waals surface area contributed by atoms with Crippen molar-refractivity contribution >= 4 is 11.5 Å². The Labute approximate surface area is 115 Å². The molecule has 3 nitrogen and oxygen atoms in total. The van der Waals surface area contributed by atoms with Gasteiger partial charge in [0, 0.05) is 31.0 Å². The lowest BCUT2D eigenvalue weighted by atomic mass is 10.1. The van der Waals surface area contributed by atoms with Gasteiger partial charge in [-0.1, -0.05) is 6.07 Å². The number of nitrogens with two attached hydrogens (primary N) is 1. The van der Waals surface area contributed by atoms with E-state index in [1.807, 2.05) is 19.3 Å². The highest BCUT2D eigenvalue weighted by molar-refractivity contribution is 5.64. The summed E-state index contributed by atoms with van der Waals surface area (Å²) in [6, 6.07) is 8.50. The Kier molecular flexibility index (Phi) is 3.86. The van der Waals surface area contributed by atoms with Gasteiger partial charge >= 0.3 is 0 Å². The number of hydrogen-bond donors (Lipinski definition) is 1. The van der Waals surface area contributed by atoms with Crippen LogP contribution in [0.25, 0.3) is 0 Å². The summed E-state index contributed by atoms with van der Waals surface area (Å²) >= 11 is 0. The third-order valence-electron chi connectivity index (χ3n) is 3.38. The zero-order valence-electron chi connectivity index (χ0n) is 12.1. The van der Waals surface area contributed by atoms with Crippen LogP contribution >= 0.6 is 0 Å². The monoisotopic (exact) mass is 255 g/mol. The number of aromatic nitrogens is 1. The van der Waals surface area contributed by atoms with Crippen molar-refractivity contribution in [3.8, 4) is 0 Å². The highest BCUT2D eigenvalue weighted by atomic mass is 15.2. The average molecular weight is 255 g/mol. The van der Waals surface area contributed by atoms with Crippen LogP contribution in [-0.2, 0) is 6.54 Å². The Morgan fingerprint density at radius 3 is 2.32 bits per heavy atom. The molecule has 0 radical (unpaired) electrons. The van der Waals surface area contributed by atoms with E-state index < -0.39 is 0 Å². The van der Waals surface area contributed by atoms with E-state index in [1.54, 1.807) is 0 Å². The molecule has 0 saturated heterocycles. The molecule has 0 fully saturated rings. The van der Waals surface area contributed by atoms with E-state index in [9.17, 15) is 0 Å². The summed E-state index contributed by atoms with van der Waals surface area (Å²) in [5, 5.41) is 0. The molecule has 0 amide bonds. The lowest BCUT2D eigenvalue weighted by molar-refractivity contribution is 0.991. The Hall–Kier alpha value is -1.87. The van der Waals surface area contributed by atoms with Crippen molar-refractivity contribution in [1.82, 2.24) is 4.98 Å². The van der Waals surface area contributed by atoms with Crippen molar-refractivity contribution in [2.45, 2.75) is 27.3 Å². The van der Waals surface area contributed by atoms with Gasteiger partial charge in [0.1, 0.15) is 5.82 Å². The smallest absolute Gasteiger partial charge is 0.137 e. The summed E-state index contributed by atoms with van der Waals surface area (Å²) < 4.78 is 0. The van der Waals surface area contributed by atoms with Crippen LogP contribution in [-0.4, -0.2) is 12.0 Å². The number of aryl methyl sites for hydroxylation is 3. The molecule has 100 valence electrons. The topological polar surface area (TPSA) is 42.2 Å². The standard InChI is InChI=1S/C16H21N3/c1-11-7-12(2)9-14(8-11)19(4)16-15(10-17)13(3)5-6-18-16/h5-9H,10,17H2,1-4H3. The van der Waals surface area contributed by atoms with E-state index in [2.05, 4.69) is 48.9 Å². The van der Waals surface area contributed by atoms with Gasteiger partial charge in [0.05, 0.1) is 0 Å². The zero-order chi connectivity index (χ0) is 14.0. The number of rotatable bonds is 3. The maximum Gasteiger partial charge on any atom is 0.137 e. The first-order valence-electron chi connectivity index (χ1n) is 6.49. The first-order valence-corrected chi connectivity index (χ1v) is 6.49. The molecule has 0 saturated carbocycles. The predicted octanol–water partition coefficient (Wildman–Crippen LogP) is 3.23. The van der Waals surface area contributed by atoms with Gasteiger partial charge in [0.25, 0.3) is 0 Å². The number of benzene rings is 1. The molecular weight excluding hydrogens is 234 g/mol. The van der Waals surface area contributed by atoms with Crippen molar-refractivity contribution in [3.63, 3.8) is 0 Å². The van der Waals surface area contributed by atoms with Crippen LogP contribution in [0.4, 0.5) is 11.5 Å². The Morgan fingerprint density at radius 2 is 1.74 bits per heavy atom. The van der Waals surface area contributed by atoms with Gasteiger partial charge in [-0.15, -0.1) is 0 Å². The van der Waals surface area contributed by atoms with Gasteiger partial charge in [0.2, 0.25) is 0 Å². The van der Waals surface area contributed by atoms with E-state index in [0.717, 1.165) is 17.1 Å². The summed E-state index contributed by atoms with van der Waals surface area (Å²) in [4.78, 5) is 6.60. The SMILES string of the molecule is Cc1cc(C)cc(N(C)c2nccc(C)c2CN)c1. The molecular formula is C16H21N3. The number of anilines is 2. The molecule has 19 heavy (non-hydrogen) atoms. The van der Waals surface area contributed by atoms with Gasteiger partial charge in [-0.3, -0.25) is 0 Å². The molecule has 3 heteroatoms. The summed E-state index contributed by atoms with van der Waals surface area (Å²) in [7, 11) is 2.04. The third kappa shape index (κ3) is 2.76. The van der Waals surface area contributed by atoms with Crippen molar-refractivity contribution < 1.29 is 0 Å². The van der Waals surface area contributed by atoms with Crippen LogP contribution in [0.1, 0.15) is 22.3 Å². The van der Waals surface area contributed by atoms with E-state index in [4.69, 9.17) is 5.73 Å². The Balaban J connectivity index is 2.49. The molecule has 0 aliphatic carbocycles. The van der Waals surface area contributed by atoms with Gasteiger partial charge in [-0.25, -0.2) is 4.98 Å². The quantitative estimate of drug-likeness (QED) is 0.915. The molecule has 0 bridgehead atoms. The number of pyridine rings is 1. The fourth-order valence-corrected chi connectivity index (χ4v) is 2.38. The molecule has 0 unspecified atom stereocenters. The van der Waals surface area contributed by atoms with Gasteiger partial charge in [0.15, 0.2) is 0 Å². The Bertz CT molecular complexity index is 570. The molecule has 0 atom stereocenters. The fourth-order valence-electron chi connectivity index (χ4n) is 2.38. The third-order valence-corrected chi connectivity index (χ3v) is 3.38. The average Bonchev–Trinajstić information content (AvgIpc) is 2.36. The van der Waals surface area contributed by atoms with Crippen LogP contribution < -0.4 is 10.6 Å². The summed E-state index contributed by atoms with van der Waals surface area (Å²) in [5.74, 6) is 0.938. The van der Waals surface area contributed by atoms with Crippen molar-refractivity contribution in [2.75, 3.05) is 11.9 Å². The number of nitrogens with zero attached hydrogens (tertiary/aromatic N) is 2. The molecule has 2 N–H and O–H groups in total. The predicted molar refractivity (Wildman–Crippen MR) is 80.8 cm³/mol. The minimum absolute atomic E-state index is 0.504. The minimum atomic E-state index is 0.504. The summed E-state index contributed by atoms with van der Waals surface area (Å²) in [6.45, 7) is 6.79. The fraction of sp³-hybridized carbons (Fsp3) is 0.312. The van der Waals surface area contributed by atoms with Gasteiger partial charge in [-0.05, 0) is 55.7 Å². The highest BCUT2D eigenvalue weighted by Gasteiger charge is 2.12. The lowest BCUT2D eigenvalue weighted by Gasteiger charge is -2.23. The number of hydrogen-bond acceptors (Lipinski definition) is 3. The molecule has 2 rings (SSSR count). The lowest BCUT2D eigenvalue weighted by Crippen LogP contribution is -2.16. The maximum absolute atomic E-state index is 5.86. The minimum Gasteiger partial charge on any atom is -0.329 e. The first kappa shape index (κ1) is 13.6. The molecule has 0 aliphatic rings. The maximum atomic E-state index is 5.86. The molecule has 1 aromatic carbocycles. The van der Waals surface area contributed by atoms with Gasteiger partial charge in [-0.2, -0.15) is 0 Å². The van der Waals surface area contributed by atoms with Crippen LogP contribution in [0, 0.1) is 20.8 Å². The van der Waals surface area contributed by atoms with Gasteiger partial charge < -0.3 is 10.6 Å². The van der Waals surface area contributed by atoms with Crippen LogP contribution in [0.2, 0.25) is 0 Å². The molecule has 1 heterocycles. The van der Waals surface area contributed by atoms with E-state index in [0.29, 0.717) is 6.54 Å². The van der Waals surface area contributed by atoms with E-state index >= 15 is 0 Å². The van der Waals surface area contributed by atoms with Crippen LogP contribution in [0.5, 0.6) is 0 Å². The van der Waals surface area contributed by atoms with Crippen molar-refractivity contribution in [1.29, 1.82) is 0 Å². The van der Waals surface area contributed by atoms with Crippen molar-refractivity contribution in [2.24, 2.45) is 5.73 Å². The molecule has 0 spiro atoms. The first-order chi connectivity index (χ1) is 9.02. The Morgan fingerprint density at radius 1 is 1.11 bits per heavy atom. The van der Waals surface area contributed by atoms with Crippen molar-refractivity contribution in [3.05, 3.63) is 52.7 Å². The molecule has 1 aromatic heterocycles. The molecule has 2 aromatic rings. The van der Waals surface area contributed by atoms with E-state index in [-0.39, 0.29) is 0 Å². The second-order valence-electron chi connectivity index (χ2n) is 5.04. The summed E-state index contributed by atoms with van der Waals surface area (Å²) in [5.41, 5.74) is 11.8. The van der Waals surface area contributed by atoms with Crippen LogP contribution in [0.15, 0.2) is 30.5 Å². The normalized spacial score (nSPS) is 10.6. The summed E-state index contributed by atoms with van der Waals surface area (Å²) in [6.07, 6.45) is 1.84. The second-order valence-corrected chi connectivity index (χ2v) is 5.04. The second kappa shape index (κ2) is 5.41. The highest BCUT2D eigenvalue weighted by Crippen LogP contribution is 2.27. The van der Waals surface area contributed by atoms with Crippen LogP contribution in [0.3, 0.4) is 0 Å². The largest absolute Gasteiger partial charge is 0.329 e. The van der Waals surface area contributed by atoms with E-state index in [1.165, 1.54) is 16.7 Å². The zero-order valence-corrected chi connectivity index (χ0v) is 12.1. The molecule has 0 aliphatic heterocycles.